The standard InChI is InChI=1S/C15H16FNO/c1-11(13-5-3-2-4-6-13)18-15-8-12(10-17)7-14(16)9-15/h2-9,11H,10,17H2,1H3. The SMILES string of the molecule is CC(Oc1cc(F)cc(CN)c1)c1ccccc1. The summed E-state index contributed by atoms with van der Waals surface area (Å²) in [5.41, 5.74) is 7.29. The van der Waals surface area contributed by atoms with Crippen molar-refractivity contribution in [1.29, 1.82) is 0 Å². The van der Waals surface area contributed by atoms with Gasteiger partial charge in [-0.25, -0.2) is 4.39 Å². The molecule has 3 heteroatoms. The van der Waals surface area contributed by atoms with Crippen LogP contribution in [0.3, 0.4) is 0 Å². The normalized spacial score (nSPS) is 12.2. The molecule has 0 aliphatic heterocycles. The molecule has 0 aromatic heterocycles. The summed E-state index contributed by atoms with van der Waals surface area (Å²) in [5.74, 6) is 0.181. The lowest BCUT2D eigenvalue weighted by atomic mass is 10.1. The molecule has 0 heterocycles. The Hall–Kier alpha value is -1.87. The van der Waals surface area contributed by atoms with E-state index in [0.717, 1.165) is 11.1 Å². The first kappa shape index (κ1) is 12.6. The first-order valence-electron chi connectivity index (χ1n) is 5.90. The maximum Gasteiger partial charge on any atom is 0.127 e. The molecule has 0 fully saturated rings. The Bertz CT molecular complexity index is 513. The molecule has 0 saturated heterocycles. The molecule has 0 bridgehead atoms. The zero-order valence-electron chi connectivity index (χ0n) is 10.3. The van der Waals surface area contributed by atoms with E-state index in [1.54, 1.807) is 6.07 Å². The van der Waals surface area contributed by atoms with E-state index in [9.17, 15) is 4.39 Å². The van der Waals surface area contributed by atoms with Gasteiger partial charge in [0.25, 0.3) is 0 Å². The molecule has 2 nitrogen and oxygen atoms in total. The van der Waals surface area contributed by atoms with Crippen molar-refractivity contribution in [3.8, 4) is 5.75 Å². The largest absolute Gasteiger partial charge is 0.486 e. The van der Waals surface area contributed by atoms with Crippen LogP contribution < -0.4 is 10.5 Å². The van der Waals surface area contributed by atoms with Crippen molar-refractivity contribution >= 4 is 0 Å². The Morgan fingerprint density at radius 3 is 2.56 bits per heavy atom. The Morgan fingerprint density at radius 1 is 1.17 bits per heavy atom. The lowest BCUT2D eigenvalue weighted by Crippen LogP contribution is -2.04. The number of benzene rings is 2. The second-order valence-corrected chi connectivity index (χ2v) is 4.17. The monoisotopic (exact) mass is 245 g/mol. The van der Waals surface area contributed by atoms with Crippen molar-refractivity contribution in [3.63, 3.8) is 0 Å². The fraction of sp³-hybridized carbons (Fsp3) is 0.200. The van der Waals surface area contributed by atoms with E-state index in [4.69, 9.17) is 10.5 Å². The van der Waals surface area contributed by atoms with Crippen LogP contribution in [0.1, 0.15) is 24.2 Å². The Kier molecular flexibility index (Phi) is 3.95. The topological polar surface area (TPSA) is 35.2 Å². The number of nitrogens with two attached hydrogens (primary N) is 1. The summed E-state index contributed by atoms with van der Waals surface area (Å²) in [6.45, 7) is 2.23. The quantitative estimate of drug-likeness (QED) is 0.895. The van der Waals surface area contributed by atoms with Crippen molar-refractivity contribution in [2.24, 2.45) is 5.73 Å². The molecule has 0 saturated carbocycles. The van der Waals surface area contributed by atoms with Gasteiger partial charge in [-0.1, -0.05) is 30.3 Å². The fourth-order valence-electron chi connectivity index (χ4n) is 1.80. The van der Waals surface area contributed by atoms with Crippen molar-refractivity contribution in [2.45, 2.75) is 19.6 Å². The molecule has 0 amide bonds. The summed E-state index contributed by atoms with van der Waals surface area (Å²) in [6.07, 6.45) is -0.126. The molecule has 0 spiro atoms. The fourth-order valence-corrected chi connectivity index (χ4v) is 1.80. The van der Waals surface area contributed by atoms with E-state index < -0.39 is 0 Å². The molecule has 2 aromatic carbocycles. The highest BCUT2D eigenvalue weighted by molar-refractivity contribution is 5.30. The first-order valence-corrected chi connectivity index (χ1v) is 5.90. The van der Waals surface area contributed by atoms with Gasteiger partial charge in [0.1, 0.15) is 17.7 Å². The lowest BCUT2D eigenvalue weighted by Gasteiger charge is -2.15. The van der Waals surface area contributed by atoms with Crippen LogP contribution in [0.4, 0.5) is 4.39 Å². The van der Waals surface area contributed by atoms with Crippen molar-refractivity contribution in [1.82, 2.24) is 0 Å². The maximum atomic E-state index is 13.3. The van der Waals surface area contributed by atoms with Gasteiger partial charge in [0, 0.05) is 12.6 Å². The van der Waals surface area contributed by atoms with Crippen LogP contribution in [0.5, 0.6) is 5.75 Å². The summed E-state index contributed by atoms with van der Waals surface area (Å²) < 4.78 is 19.1. The number of hydrogen-bond acceptors (Lipinski definition) is 2. The Balaban J connectivity index is 2.16. The molecule has 0 radical (unpaired) electrons. The number of halogens is 1. The predicted molar refractivity (Wildman–Crippen MR) is 69.8 cm³/mol. The van der Waals surface area contributed by atoms with Crippen LogP contribution in [0.25, 0.3) is 0 Å². The van der Waals surface area contributed by atoms with E-state index in [1.807, 2.05) is 37.3 Å². The third-order valence-corrected chi connectivity index (χ3v) is 2.75. The molecule has 18 heavy (non-hydrogen) atoms. The molecule has 2 N–H and O–H groups in total. The number of rotatable bonds is 4. The summed E-state index contributed by atoms with van der Waals surface area (Å²) >= 11 is 0. The molecular weight excluding hydrogens is 229 g/mol. The lowest BCUT2D eigenvalue weighted by molar-refractivity contribution is 0.226. The minimum atomic E-state index is -0.326. The summed E-state index contributed by atoms with van der Waals surface area (Å²) in [7, 11) is 0. The average Bonchev–Trinajstić information content (AvgIpc) is 2.39. The van der Waals surface area contributed by atoms with Crippen molar-refractivity contribution in [2.75, 3.05) is 0 Å². The van der Waals surface area contributed by atoms with Gasteiger partial charge in [-0.05, 0) is 30.2 Å². The molecule has 94 valence electrons. The predicted octanol–water partition coefficient (Wildman–Crippen LogP) is 3.42. The van der Waals surface area contributed by atoms with E-state index in [2.05, 4.69) is 0 Å². The molecule has 0 aliphatic carbocycles. The van der Waals surface area contributed by atoms with Gasteiger partial charge < -0.3 is 10.5 Å². The zero-order chi connectivity index (χ0) is 13.0. The van der Waals surface area contributed by atoms with Crippen LogP contribution in [0, 0.1) is 5.82 Å². The first-order chi connectivity index (χ1) is 8.69. The average molecular weight is 245 g/mol. The molecule has 1 atom stereocenters. The molecule has 2 aromatic rings. The zero-order valence-corrected chi connectivity index (χ0v) is 10.3. The minimum Gasteiger partial charge on any atom is -0.486 e. The van der Waals surface area contributed by atoms with Crippen molar-refractivity contribution < 1.29 is 9.13 Å². The number of hydrogen-bond donors (Lipinski definition) is 1. The van der Waals surface area contributed by atoms with Crippen LogP contribution in [0.2, 0.25) is 0 Å². The molecule has 2 rings (SSSR count). The van der Waals surface area contributed by atoms with Gasteiger partial charge in [-0.3, -0.25) is 0 Å². The van der Waals surface area contributed by atoms with E-state index in [1.165, 1.54) is 12.1 Å². The van der Waals surface area contributed by atoms with E-state index in [0.29, 0.717) is 12.3 Å². The van der Waals surface area contributed by atoms with E-state index in [-0.39, 0.29) is 11.9 Å². The highest BCUT2D eigenvalue weighted by atomic mass is 19.1. The van der Waals surface area contributed by atoms with E-state index >= 15 is 0 Å². The van der Waals surface area contributed by atoms with Crippen molar-refractivity contribution in [3.05, 3.63) is 65.5 Å². The van der Waals surface area contributed by atoms with Gasteiger partial charge in [0.2, 0.25) is 0 Å². The minimum absolute atomic E-state index is 0.126. The molecular formula is C15H16FNO. The van der Waals surface area contributed by atoms with Crippen LogP contribution in [0.15, 0.2) is 48.5 Å². The number of ether oxygens (including phenoxy) is 1. The Labute approximate surface area is 106 Å². The highest BCUT2D eigenvalue weighted by Gasteiger charge is 2.08. The van der Waals surface area contributed by atoms with Gasteiger partial charge in [-0.2, -0.15) is 0 Å². The third kappa shape index (κ3) is 3.08. The molecule has 0 aliphatic rings. The summed E-state index contributed by atoms with van der Waals surface area (Å²) in [6, 6.07) is 14.4. The summed E-state index contributed by atoms with van der Waals surface area (Å²) in [5, 5.41) is 0. The summed E-state index contributed by atoms with van der Waals surface area (Å²) in [4.78, 5) is 0. The molecule has 1 unspecified atom stereocenters. The van der Waals surface area contributed by atoms with Gasteiger partial charge in [0.05, 0.1) is 0 Å². The van der Waals surface area contributed by atoms with Gasteiger partial charge >= 0.3 is 0 Å². The van der Waals surface area contributed by atoms with Crippen LogP contribution in [-0.4, -0.2) is 0 Å². The van der Waals surface area contributed by atoms with Gasteiger partial charge in [-0.15, -0.1) is 0 Å². The second kappa shape index (κ2) is 5.65. The highest BCUT2D eigenvalue weighted by Crippen LogP contribution is 2.23. The van der Waals surface area contributed by atoms with Gasteiger partial charge in [0.15, 0.2) is 0 Å². The maximum absolute atomic E-state index is 13.3. The smallest absolute Gasteiger partial charge is 0.127 e. The Morgan fingerprint density at radius 2 is 1.89 bits per heavy atom. The third-order valence-electron chi connectivity index (χ3n) is 2.75. The van der Waals surface area contributed by atoms with Crippen LogP contribution >= 0.6 is 0 Å². The van der Waals surface area contributed by atoms with Crippen LogP contribution in [-0.2, 0) is 6.54 Å². The second-order valence-electron chi connectivity index (χ2n) is 4.17.